The molecule has 4 N–H and O–H groups in total. The lowest BCUT2D eigenvalue weighted by atomic mass is 9.93. The van der Waals surface area contributed by atoms with Crippen LogP contribution in [0, 0.1) is 13.8 Å². The van der Waals surface area contributed by atoms with Gasteiger partial charge in [0.1, 0.15) is 5.76 Å². The first-order chi connectivity index (χ1) is 31.6. The van der Waals surface area contributed by atoms with E-state index in [4.69, 9.17) is 14.7 Å². The van der Waals surface area contributed by atoms with E-state index in [9.17, 15) is 19.2 Å². The molecule has 8 rings (SSSR count). The van der Waals surface area contributed by atoms with E-state index in [2.05, 4.69) is 67.5 Å². The summed E-state index contributed by atoms with van der Waals surface area (Å²) in [5.74, 6) is 0.488. The number of hydrazone groups is 2. The normalized spacial score (nSPS) is 17.1. The number of likely N-dealkylation sites (N-methyl/N-ethyl adjacent to an activating group) is 1. The average Bonchev–Trinajstić information content (AvgIpc) is 3.46. The van der Waals surface area contributed by atoms with Crippen LogP contribution in [0.2, 0.25) is 0 Å². The van der Waals surface area contributed by atoms with E-state index < -0.39 is 0 Å². The van der Waals surface area contributed by atoms with E-state index in [0.29, 0.717) is 29.9 Å². The van der Waals surface area contributed by atoms with Crippen LogP contribution < -0.4 is 26.2 Å². The summed E-state index contributed by atoms with van der Waals surface area (Å²) in [6, 6.07) is 27.2. The number of carbonyl (C=O) groups excluding carboxylic acids is 4. The molecule has 6 amide bonds. The zero-order valence-corrected chi connectivity index (χ0v) is 39.2. The Balaban J connectivity index is 0.000000196. The summed E-state index contributed by atoms with van der Waals surface area (Å²) in [6.07, 6.45) is 1.29. The van der Waals surface area contributed by atoms with Crippen LogP contribution in [0.5, 0.6) is 0 Å². The van der Waals surface area contributed by atoms with Crippen molar-refractivity contribution in [3.05, 3.63) is 130 Å². The predicted molar refractivity (Wildman–Crippen MR) is 259 cm³/mol. The maximum Gasteiger partial charge on any atom is 0.337 e. The van der Waals surface area contributed by atoms with Gasteiger partial charge >= 0.3 is 12.1 Å². The van der Waals surface area contributed by atoms with Crippen molar-refractivity contribution in [2.24, 2.45) is 10.2 Å². The Morgan fingerprint density at radius 2 is 1.06 bits per heavy atom. The first-order valence-corrected chi connectivity index (χ1v) is 22.2. The number of piperazine rings is 1. The zero-order valence-electron chi connectivity index (χ0n) is 39.2. The summed E-state index contributed by atoms with van der Waals surface area (Å²) in [4.78, 5) is 53.2. The zero-order chi connectivity index (χ0) is 47.2. The van der Waals surface area contributed by atoms with Gasteiger partial charge in [-0.05, 0) is 101 Å². The molecule has 1 fully saturated rings. The molecule has 16 heteroatoms. The SMILES string of the molecule is CNC(=O)N1N=C(c2ccc(-c3c(C)noc3C)cc2)c2cc(NC(C)=O)ccc2CC1C.CNC(=O)N1N=C(c2ccc(N3CCN(C)CC3)cc2)c2cc(NC(C)=O)ccc2CC1C. The van der Waals surface area contributed by atoms with E-state index in [-0.39, 0.29) is 36.0 Å². The third-order valence-electron chi connectivity index (χ3n) is 12.0. The molecule has 2 atom stereocenters. The first kappa shape index (κ1) is 46.7. The number of rotatable bonds is 6. The minimum Gasteiger partial charge on any atom is -0.369 e. The Bertz CT molecular complexity index is 2650. The van der Waals surface area contributed by atoms with Crippen LogP contribution in [0.4, 0.5) is 26.7 Å². The molecule has 1 saturated heterocycles. The van der Waals surface area contributed by atoms with Gasteiger partial charge in [0.2, 0.25) is 11.8 Å². The summed E-state index contributed by atoms with van der Waals surface area (Å²) in [7, 11) is 5.36. The highest BCUT2D eigenvalue weighted by molar-refractivity contribution is 6.16. The number of hydrogen-bond acceptors (Lipinski definition) is 10. The second kappa shape index (κ2) is 20.2. The van der Waals surface area contributed by atoms with Crippen molar-refractivity contribution in [2.75, 3.05) is 62.9 Å². The molecule has 2 unspecified atom stereocenters. The average molecular weight is 894 g/mol. The number of aromatic nitrogens is 1. The van der Waals surface area contributed by atoms with Crippen molar-refractivity contribution in [1.29, 1.82) is 0 Å². The smallest absolute Gasteiger partial charge is 0.337 e. The minimum absolute atomic E-state index is 0.113. The van der Waals surface area contributed by atoms with Gasteiger partial charge in [0.15, 0.2) is 0 Å². The number of anilines is 3. The van der Waals surface area contributed by atoms with Crippen molar-refractivity contribution >= 4 is 52.4 Å². The van der Waals surface area contributed by atoms with Crippen molar-refractivity contribution in [1.82, 2.24) is 30.7 Å². The number of aryl methyl sites for hydroxylation is 2. The van der Waals surface area contributed by atoms with E-state index in [0.717, 1.165) is 87.9 Å². The van der Waals surface area contributed by atoms with Gasteiger partial charge in [0, 0.05) is 99.0 Å². The molecule has 344 valence electrons. The molecule has 0 aliphatic carbocycles. The quantitative estimate of drug-likeness (QED) is 0.141. The number of urea groups is 2. The summed E-state index contributed by atoms with van der Waals surface area (Å²) >= 11 is 0. The summed E-state index contributed by atoms with van der Waals surface area (Å²) in [5, 5.41) is 27.7. The molecule has 16 nitrogen and oxygen atoms in total. The second-order valence-corrected chi connectivity index (χ2v) is 17.0. The molecule has 4 aromatic carbocycles. The number of amides is 6. The second-order valence-electron chi connectivity index (χ2n) is 17.0. The van der Waals surface area contributed by atoms with Crippen molar-refractivity contribution in [3.63, 3.8) is 0 Å². The number of nitrogens with zero attached hydrogens (tertiary/aromatic N) is 7. The largest absolute Gasteiger partial charge is 0.369 e. The molecule has 1 aromatic heterocycles. The van der Waals surface area contributed by atoms with E-state index in [1.54, 1.807) is 14.1 Å². The van der Waals surface area contributed by atoms with Gasteiger partial charge in [0.25, 0.3) is 0 Å². The molecule has 3 aliphatic heterocycles. The Labute approximate surface area is 386 Å². The fourth-order valence-corrected chi connectivity index (χ4v) is 8.57. The number of hydrogen-bond donors (Lipinski definition) is 4. The van der Waals surface area contributed by atoms with Gasteiger partial charge in [-0.15, -0.1) is 0 Å². The molecular weight excluding hydrogens is 835 g/mol. The molecular formula is C50H59N11O5. The Morgan fingerprint density at radius 1 is 0.621 bits per heavy atom. The van der Waals surface area contributed by atoms with Crippen LogP contribution in [-0.4, -0.2) is 115 Å². The summed E-state index contributed by atoms with van der Waals surface area (Å²) in [6.45, 7) is 14.8. The highest BCUT2D eigenvalue weighted by Crippen LogP contribution is 2.31. The standard InChI is InChI=1S/C25H32N6O2.C25H27N5O3/c1-17-15-20-5-8-21(27-18(2)32)16-23(20)24(28-31(17)25(33)26-3)19-6-9-22(10-7-19)30-13-11-29(4)12-14-30;1-14-12-20-10-11-21(27-17(4)31)13-22(20)24(28-30(14)25(32)26-5)19-8-6-18(7-9-19)23-15(2)29-33-16(23)3/h5-10,16-17H,11-15H2,1-4H3,(H,26,33)(H,27,32);6-11,13-14H,12H2,1-5H3,(H,26,32)(H,27,31). The van der Waals surface area contributed by atoms with E-state index in [1.807, 2.05) is 88.4 Å². The monoisotopic (exact) mass is 893 g/mol. The third kappa shape index (κ3) is 10.4. The molecule has 0 radical (unpaired) electrons. The van der Waals surface area contributed by atoms with E-state index >= 15 is 0 Å². The molecule has 66 heavy (non-hydrogen) atoms. The molecule has 5 aromatic rings. The van der Waals surface area contributed by atoms with Gasteiger partial charge in [0.05, 0.1) is 29.2 Å². The molecule has 0 bridgehead atoms. The highest BCUT2D eigenvalue weighted by Gasteiger charge is 2.29. The molecule has 0 saturated carbocycles. The Kier molecular flexibility index (Phi) is 14.3. The fraction of sp³-hybridized carbons (Fsp3) is 0.340. The predicted octanol–water partition coefficient (Wildman–Crippen LogP) is 6.99. The summed E-state index contributed by atoms with van der Waals surface area (Å²) in [5.41, 5.74) is 12.5. The number of nitrogens with one attached hydrogen (secondary N) is 4. The van der Waals surface area contributed by atoms with Crippen LogP contribution in [0.15, 0.2) is 99.7 Å². The molecule has 3 aliphatic rings. The Morgan fingerprint density at radius 3 is 1.47 bits per heavy atom. The van der Waals surface area contributed by atoms with Gasteiger partial charge in [-0.1, -0.05) is 53.7 Å². The lowest BCUT2D eigenvalue weighted by molar-refractivity contribution is -0.115. The van der Waals surface area contributed by atoms with Crippen molar-refractivity contribution in [2.45, 2.75) is 66.5 Å². The first-order valence-electron chi connectivity index (χ1n) is 22.2. The minimum atomic E-state index is -0.276. The summed E-state index contributed by atoms with van der Waals surface area (Å²) < 4.78 is 5.31. The molecule has 0 spiro atoms. The van der Waals surface area contributed by atoms with Crippen LogP contribution in [0.25, 0.3) is 11.1 Å². The molecule has 4 heterocycles. The number of fused-ring (bicyclic) bond motifs is 2. The van der Waals surface area contributed by atoms with Gasteiger partial charge in [-0.25, -0.2) is 19.6 Å². The lowest BCUT2D eigenvalue weighted by Gasteiger charge is -2.34. The third-order valence-corrected chi connectivity index (χ3v) is 12.0. The van der Waals surface area contributed by atoms with Crippen molar-refractivity contribution in [3.8, 4) is 11.1 Å². The van der Waals surface area contributed by atoms with Crippen LogP contribution in [0.3, 0.4) is 0 Å². The maximum atomic E-state index is 12.6. The highest BCUT2D eigenvalue weighted by atomic mass is 16.5. The number of benzene rings is 4. The van der Waals surface area contributed by atoms with Crippen molar-refractivity contribution < 1.29 is 23.7 Å². The van der Waals surface area contributed by atoms with Crippen LogP contribution >= 0.6 is 0 Å². The fourth-order valence-electron chi connectivity index (χ4n) is 8.57. The van der Waals surface area contributed by atoms with Gasteiger partial charge in [-0.3, -0.25) is 9.59 Å². The number of carbonyl (C=O) groups is 4. The van der Waals surface area contributed by atoms with Gasteiger partial charge in [-0.2, -0.15) is 10.2 Å². The lowest BCUT2D eigenvalue weighted by Crippen LogP contribution is -2.44. The Hall–Kier alpha value is -7.33. The van der Waals surface area contributed by atoms with Crippen LogP contribution in [-0.2, 0) is 22.4 Å². The van der Waals surface area contributed by atoms with E-state index in [1.165, 1.54) is 29.6 Å². The topological polar surface area (TPSA) is 180 Å². The van der Waals surface area contributed by atoms with Crippen LogP contribution in [0.1, 0.15) is 72.5 Å². The van der Waals surface area contributed by atoms with Gasteiger partial charge < -0.3 is 35.6 Å². The maximum absolute atomic E-state index is 12.6.